The largest absolute Gasteiger partial charge is 0.524 e. The van der Waals surface area contributed by atoms with Gasteiger partial charge in [0, 0.05) is 28.8 Å². The van der Waals surface area contributed by atoms with Crippen LogP contribution in [0.1, 0.15) is 56.9 Å². The molecule has 0 spiro atoms. The fourth-order valence-electron chi connectivity index (χ4n) is 4.51. The van der Waals surface area contributed by atoms with Crippen LogP contribution in [0.15, 0.2) is 18.2 Å². The molecule has 35 heavy (non-hydrogen) atoms. The molecule has 1 aromatic carbocycles. The maximum absolute atomic E-state index is 13.2. The van der Waals surface area contributed by atoms with Gasteiger partial charge in [0.2, 0.25) is 0 Å². The summed E-state index contributed by atoms with van der Waals surface area (Å²) in [6.45, 7) is 1.95. The molecule has 0 bridgehead atoms. The van der Waals surface area contributed by atoms with Crippen LogP contribution in [-0.2, 0) is 11.2 Å². The van der Waals surface area contributed by atoms with Gasteiger partial charge in [0.15, 0.2) is 0 Å². The molecule has 2 amide bonds. The second-order valence-electron chi connectivity index (χ2n) is 9.10. The molecule has 6 N–H and O–H groups in total. The Bertz CT molecular complexity index is 861. The topological polar surface area (TPSA) is 132 Å². The van der Waals surface area contributed by atoms with Crippen molar-refractivity contribution in [3.05, 3.63) is 23.8 Å². The monoisotopic (exact) mass is 532 g/mol. The summed E-state index contributed by atoms with van der Waals surface area (Å²) >= 11 is 1.98. The second kappa shape index (κ2) is 14.3. The van der Waals surface area contributed by atoms with Gasteiger partial charge < -0.3 is 25.8 Å². The highest BCUT2D eigenvalue weighted by molar-refractivity contribution is 8.00. The predicted molar refractivity (Wildman–Crippen MR) is 138 cm³/mol. The van der Waals surface area contributed by atoms with Crippen molar-refractivity contribution in [1.29, 1.82) is 0 Å². The number of anilines is 1. The molecule has 2 saturated heterocycles. The van der Waals surface area contributed by atoms with Crippen LogP contribution in [0.4, 0.5) is 14.9 Å². The second-order valence-corrected chi connectivity index (χ2v) is 11.5. The van der Waals surface area contributed by atoms with Crippen LogP contribution in [0.2, 0.25) is 0 Å². The van der Waals surface area contributed by atoms with Crippen LogP contribution >= 0.6 is 19.6 Å². The highest BCUT2D eigenvalue weighted by atomic mass is 32.2. The van der Waals surface area contributed by atoms with E-state index in [9.17, 15) is 13.8 Å². The first-order valence-electron chi connectivity index (χ1n) is 12.4. The molecule has 3 unspecified atom stereocenters. The van der Waals surface area contributed by atoms with Crippen molar-refractivity contribution >= 4 is 31.3 Å². The zero-order chi connectivity index (χ0) is 25.1. The van der Waals surface area contributed by atoms with Gasteiger partial charge in [-0.3, -0.25) is 9.79 Å². The Kier molecular flexibility index (Phi) is 11.4. The van der Waals surface area contributed by atoms with Gasteiger partial charge in [-0.1, -0.05) is 25.7 Å². The van der Waals surface area contributed by atoms with E-state index in [4.69, 9.17) is 9.79 Å². The Morgan fingerprint density at radius 3 is 2.49 bits per heavy atom. The lowest BCUT2D eigenvalue weighted by Gasteiger charge is -2.16. The summed E-state index contributed by atoms with van der Waals surface area (Å²) in [6, 6.07) is 5.12. The summed E-state index contributed by atoms with van der Waals surface area (Å²) in [6.07, 6.45) is 9.12. The number of carbonyl (C=O) groups is 1. The lowest BCUT2D eigenvalue weighted by molar-refractivity contribution is 0.246. The normalized spacial score (nSPS) is 21.5. The smallest absolute Gasteiger partial charge is 0.404 e. The van der Waals surface area contributed by atoms with Gasteiger partial charge in [-0.15, -0.1) is 0 Å². The minimum atomic E-state index is -4.71. The van der Waals surface area contributed by atoms with Gasteiger partial charge >= 0.3 is 13.9 Å². The average Bonchev–Trinajstić information content (AvgIpc) is 3.36. The van der Waals surface area contributed by atoms with Crippen molar-refractivity contribution in [1.82, 2.24) is 16.0 Å². The van der Waals surface area contributed by atoms with Gasteiger partial charge in [0.1, 0.15) is 12.4 Å². The number of nitrogens with one attached hydrogen (secondary N) is 4. The predicted octanol–water partition coefficient (Wildman–Crippen LogP) is 3.92. The Morgan fingerprint density at radius 1 is 1.06 bits per heavy atom. The molecule has 0 aromatic heterocycles. The number of benzene rings is 1. The van der Waals surface area contributed by atoms with E-state index in [2.05, 4.69) is 25.8 Å². The first kappa shape index (κ1) is 28.1. The SMILES string of the molecule is O=C1NC2CSC(CCCCCNCCCCCCNc3ccc(OP(=O)(O)O)c(CF)c3)C2N1. The van der Waals surface area contributed by atoms with Crippen LogP contribution in [0.5, 0.6) is 5.75 Å². The van der Waals surface area contributed by atoms with Crippen molar-refractivity contribution in [3.8, 4) is 5.75 Å². The van der Waals surface area contributed by atoms with E-state index < -0.39 is 14.5 Å². The Balaban J connectivity index is 1.13. The maximum Gasteiger partial charge on any atom is 0.524 e. The molecule has 198 valence electrons. The molecule has 3 rings (SSSR count). The molecule has 2 fully saturated rings. The van der Waals surface area contributed by atoms with E-state index >= 15 is 0 Å². The van der Waals surface area contributed by atoms with Crippen LogP contribution < -0.4 is 25.8 Å². The molecule has 0 radical (unpaired) electrons. The van der Waals surface area contributed by atoms with E-state index in [1.807, 2.05) is 11.8 Å². The molecule has 0 aliphatic carbocycles. The fourth-order valence-corrected chi connectivity index (χ4v) is 6.49. The average molecular weight is 533 g/mol. The number of rotatable bonds is 17. The van der Waals surface area contributed by atoms with Crippen molar-refractivity contribution in [2.24, 2.45) is 0 Å². The number of thioether (sulfide) groups is 1. The van der Waals surface area contributed by atoms with Crippen molar-refractivity contribution in [2.75, 3.05) is 30.7 Å². The molecule has 2 heterocycles. The number of phosphoric ester groups is 1. The molecular weight excluding hydrogens is 494 g/mol. The first-order chi connectivity index (χ1) is 16.9. The number of carbonyl (C=O) groups excluding carboxylic acids is 1. The highest BCUT2D eigenvalue weighted by Crippen LogP contribution is 2.40. The number of fused-ring (bicyclic) bond motifs is 1. The molecule has 2 aliphatic rings. The Labute approximate surface area is 211 Å². The Morgan fingerprint density at radius 2 is 1.77 bits per heavy atom. The number of hydrogen-bond donors (Lipinski definition) is 6. The zero-order valence-corrected chi connectivity index (χ0v) is 21.7. The van der Waals surface area contributed by atoms with Crippen molar-refractivity contribution < 1.29 is 28.1 Å². The molecular formula is C23H38FN4O5PS. The van der Waals surface area contributed by atoms with Crippen LogP contribution in [-0.4, -0.2) is 58.5 Å². The third-order valence-corrected chi connectivity index (χ3v) is 8.25. The van der Waals surface area contributed by atoms with E-state index in [1.165, 1.54) is 37.8 Å². The third kappa shape index (κ3) is 9.80. The minimum Gasteiger partial charge on any atom is -0.404 e. The number of phosphoric acid groups is 1. The number of amides is 2. The fraction of sp³-hybridized carbons (Fsp3) is 0.696. The van der Waals surface area contributed by atoms with Gasteiger partial charge in [0.25, 0.3) is 0 Å². The number of urea groups is 1. The van der Waals surface area contributed by atoms with Crippen LogP contribution in [0.3, 0.4) is 0 Å². The summed E-state index contributed by atoms with van der Waals surface area (Å²) < 4.78 is 28.6. The molecule has 12 heteroatoms. The Hall–Kier alpha value is -1.52. The summed E-state index contributed by atoms with van der Waals surface area (Å²) in [7, 11) is -4.71. The standard InChI is InChI=1S/C23H38FN4O5PS/c24-15-17-14-18(9-10-20(17)33-34(30,31)32)26-13-7-2-1-5-11-25-12-6-3-4-8-21-22-19(16-35-21)27-23(29)28-22/h9-10,14,19,21-22,25-26H,1-8,11-13,15-16H2,(H2,27,28,29)(H2,30,31,32). The van der Waals surface area contributed by atoms with E-state index in [0.717, 1.165) is 51.1 Å². The van der Waals surface area contributed by atoms with E-state index in [0.29, 0.717) is 23.0 Å². The van der Waals surface area contributed by atoms with Crippen molar-refractivity contribution in [2.45, 2.75) is 75.4 Å². The molecule has 1 aromatic rings. The molecule has 0 saturated carbocycles. The minimum absolute atomic E-state index is 0.0126. The number of halogens is 1. The van der Waals surface area contributed by atoms with Crippen LogP contribution in [0.25, 0.3) is 0 Å². The first-order valence-corrected chi connectivity index (χ1v) is 15.0. The van der Waals surface area contributed by atoms with E-state index in [1.54, 1.807) is 6.07 Å². The van der Waals surface area contributed by atoms with Gasteiger partial charge in [-0.05, 0) is 57.0 Å². The number of hydrogen-bond acceptors (Lipinski definition) is 6. The zero-order valence-electron chi connectivity index (χ0n) is 20.0. The molecule has 2 aliphatic heterocycles. The highest BCUT2D eigenvalue weighted by Gasteiger charge is 2.42. The van der Waals surface area contributed by atoms with Gasteiger partial charge in [-0.2, -0.15) is 11.8 Å². The van der Waals surface area contributed by atoms with Crippen LogP contribution in [0, 0.1) is 0 Å². The third-order valence-electron chi connectivity index (χ3n) is 6.31. The van der Waals surface area contributed by atoms with Crippen molar-refractivity contribution in [3.63, 3.8) is 0 Å². The summed E-state index contributed by atoms with van der Waals surface area (Å²) in [5, 5.41) is 13.3. The molecule has 9 nitrogen and oxygen atoms in total. The summed E-state index contributed by atoms with van der Waals surface area (Å²) in [5.41, 5.74) is 0.809. The molecule has 3 atom stereocenters. The lowest BCUT2D eigenvalue weighted by Crippen LogP contribution is -2.36. The van der Waals surface area contributed by atoms with E-state index in [-0.39, 0.29) is 17.3 Å². The summed E-state index contributed by atoms with van der Waals surface area (Å²) in [4.78, 5) is 29.2. The number of alkyl halides is 1. The maximum atomic E-state index is 13.2. The lowest BCUT2D eigenvalue weighted by atomic mass is 10.0. The van der Waals surface area contributed by atoms with Gasteiger partial charge in [0.05, 0.1) is 12.1 Å². The quantitative estimate of drug-likeness (QED) is 0.101. The summed E-state index contributed by atoms with van der Waals surface area (Å²) in [5.74, 6) is 0.886. The van der Waals surface area contributed by atoms with Gasteiger partial charge in [-0.25, -0.2) is 13.8 Å². The number of unbranched alkanes of at least 4 members (excludes halogenated alkanes) is 5.